The second kappa shape index (κ2) is 5.35. The number of carbonyl (C=O) groups excluding carboxylic acids is 2. The van der Waals surface area contributed by atoms with E-state index >= 15 is 0 Å². The van der Waals surface area contributed by atoms with Gasteiger partial charge in [-0.2, -0.15) is 0 Å². The molecule has 0 bridgehead atoms. The molecular weight excluding hydrogens is 170 g/mol. The number of amides is 1. The Hall–Kier alpha value is -1.32. The maximum Gasteiger partial charge on any atom is 0.331 e. The van der Waals surface area contributed by atoms with Gasteiger partial charge in [-0.05, 0) is 13.8 Å². The van der Waals surface area contributed by atoms with E-state index in [1.54, 1.807) is 0 Å². The fourth-order valence-corrected chi connectivity index (χ4v) is 0.850. The molecule has 0 aliphatic rings. The van der Waals surface area contributed by atoms with Crippen molar-refractivity contribution in [1.29, 1.82) is 0 Å². The SMILES string of the molecule is COC(=O)/C=C/N(C(C)=O)C(C)C. The van der Waals surface area contributed by atoms with Gasteiger partial charge in [-0.1, -0.05) is 0 Å². The summed E-state index contributed by atoms with van der Waals surface area (Å²) in [7, 11) is 1.29. The second-order valence-corrected chi connectivity index (χ2v) is 2.86. The fourth-order valence-electron chi connectivity index (χ4n) is 0.850. The van der Waals surface area contributed by atoms with Crippen LogP contribution in [0.4, 0.5) is 0 Å². The van der Waals surface area contributed by atoms with E-state index in [2.05, 4.69) is 4.74 Å². The molecule has 0 unspecified atom stereocenters. The lowest BCUT2D eigenvalue weighted by Gasteiger charge is -2.20. The van der Waals surface area contributed by atoms with E-state index < -0.39 is 5.97 Å². The molecule has 0 heterocycles. The molecule has 4 heteroatoms. The smallest absolute Gasteiger partial charge is 0.331 e. The van der Waals surface area contributed by atoms with Crippen molar-refractivity contribution in [2.75, 3.05) is 7.11 Å². The molecule has 0 radical (unpaired) electrons. The first-order valence-electron chi connectivity index (χ1n) is 4.04. The van der Waals surface area contributed by atoms with Gasteiger partial charge in [0.15, 0.2) is 0 Å². The molecule has 0 aromatic rings. The third-order valence-electron chi connectivity index (χ3n) is 1.49. The van der Waals surface area contributed by atoms with Crippen LogP contribution in [0.15, 0.2) is 12.3 Å². The Morgan fingerprint density at radius 3 is 2.23 bits per heavy atom. The Kier molecular flexibility index (Phi) is 4.80. The summed E-state index contributed by atoms with van der Waals surface area (Å²) in [4.78, 5) is 23.2. The van der Waals surface area contributed by atoms with Crippen LogP contribution in [-0.4, -0.2) is 29.9 Å². The van der Waals surface area contributed by atoms with E-state index in [0.717, 1.165) is 0 Å². The van der Waals surface area contributed by atoms with Crippen LogP contribution in [0.3, 0.4) is 0 Å². The Morgan fingerprint density at radius 1 is 1.38 bits per heavy atom. The molecule has 1 amide bonds. The number of hydrogen-bond donors (Lipinski definition) is 0. The van der Waals surface area contributed by atoms with Gasteiger partial charge >= 0.3 is 5.97 Å². The number of ether oxygens (including phenoxy) is 1. The van der Waals surface area contributed by atoms with Gasteiger partial charge in [0.1, 0.15) is 0 Å². The van der Waals surface area contributed by atoms with Crippen LogP contribution < -0.4 is 0 Å². The molecule has 4 nitrogen and oxygen atoms in total. The highest BCUT2D eigenvalue weighted by Crippen LogP contribution is 1.99. The van der Waals surface area contributed by atoms with Gasteiger partial charge in [-0.3, -0.25) is 4.79 Å². The zero-order valence-electron chi connectivity index (χ0n) is 8.40. The number of rotatable bonds is 3. The second-order valence-electron chi connectivity index (χ2n) is 2.86. The molecule has 0 atom stereocenters. The summed E-state index contributed by atoms with van der Waals surface area (Å²) in [6, 6.07) is 0.0402. The van der Waals surface area contributed by atoms with E-state index in [-0.39, 0.29) is 11.9 Å². The Morgan fingerprint density at radius 2 is 1.92 bits per heavy atom. The van der Waals surface area contributed by atoms with E-state index in [4.69, 9.17) is 0 Å². The summed E-state index contributed by atoms with van der Waals surface area (Å²) in [6.07, 6.45) is 2.65. The minimum Gasteiger partial charge on any atom is -0.466 e. The molecule has 0 aliphatic carbocycles. The van der Waals surface area contributed by atoms with E-state index in [1.165, 1.54) is 31.2 Å². The lowest BCUT2D eigenvalue weighted by Crippen LogP contribution is -2.30. The van der Waals surface area contributed by atoms with Crippen molar-refractivity contribution in [2.24, 2.45) is 0 Å². The molecule has 0 saturated carbocycles. The molecule has 13 heavy (non-hydrogen) atoms. The van der Waals surface area contributed by atoms with Crippen LogP contribution in [0.2, 0.25) is 0 Å². The molecular formula is C9H15NO3. The maximum absolute atomic E-state index is 11.0. The number of hydrogen-bond acceptors (Lipinski definition) is 3. The number of esters is 1. The van der Waals surface area contributed by atoms with E-state index in [9.17, 15) is 9.59 Å². The van der Waals surface area contributed by atoms with Crippen LogP contribution in [0, 0.1) is 0 Å². The molecule has 0 spiro atoms. The molecule has 0 aromatic heterocycles. The van der Waals surface area contributed by atoms with Crippen LogP contribution in [0.25, 0.3) is 0 Å². The monoisotopic (exact) mass is 185 g/mol. The van der Waals surface area contributed by atoms with Crippen LogP contribution >= 0.6 is 0 Å². The molecule has 0 rings (SSSR count). The average molecular weight is 185 g/mol. The normalized spacial score (nSPS) is 10.5. The van der Waals surface area contributed by atoms with Gasteiger partial charge in [0.25, 0.3) is 0 Å². The minimum atomic E-state index is -0.466. The zero-order valence-corrected chi connectivity index (χ0v) is 8.40. The first-order chi connectivity index (χ1) is 5.99. The first kappa shape index (κ1) is 11.7. The Balaban J connectivity index is 4.34. The molecule has 0 N–H and O–H groups in total. The topological polar surface area (TPSA) is 46.6 Å². The molecule has 0 saturated heterocycles. The highest BCUT2D eigenvalue weighted by atomic mass is 16.5. The van der Waals surface area contributed by atoms with Crippen molar-refractivity contribution >= 4 is 11.9 Å². The van der Waals surface area contributed by atoms with Gasteiger partial charge in [0.2, 0.25) is 5.91 Å². The van der Waals surface area contributed by atoms with Crippen LogP contribution in [0.5, 0.6) is 0 Å². The summed E-state index contributed by atoms with van der Waals surface area (Å²) in [6.45, 7) is 5.17. The minimum absolute atomic E-state index is 0.0402. The van der Waals surface area contributed by atoms with Gasteiger partial charge < -0.3 is 9.64 Å². The van der Waals surface area contributed by atoms with E-state index in [0.29, 0.717) is 0 Å². The predicted octanol–water partition coefficient (Wildman–Crippen LogP) is 0.930. The zero-order chi connectivity index (χ0) is 10.4. The largest absolute Gasteiger partial charge is 0.466 e. The Bertz CT molecular complexity index is 221. The predicted molar refractivity (Wildman–Crippen MR) is 48.8 cm³/mol. The third kappa shape index (κ3) is 4.30. The van der Waals surface area contributed by atoms with Crippen molar-refractivity contribution in [3.8, 4) is 0 Å². The third-order valence-corrected chi connectivity index (χ3v) is 1.49. The van der Waals surface area contributed by atoms with Crippen LogP contribution in [-0.2, 0) is 14.3 Å². The summed E-state index contributed by atoms with van der Waals surface area (Å²) in [5, 5.41) is 0. The van der Waals surface area contributed by atoms with Gasteiger partial charge in [0.05, 0.1) is 7.11 Å². The number of methoxy groups -OCH3 is 1. The van der Waals surface area contributed by atoms with Gasteiger partial charge in [-0.15, -0.1) is 0 Å². The summed E-state index contributed by atoms with van der Waals surface area (Å²) < 4.78 is 4.40. The molecule has 0 aliphatic heterocycles. The van der Waals surface area contributed by atoms with Crippen molar-refractivity contribution in [3.63, 3.8) is 0 Å². The quantitative estimate of drug-likeness (QED) is 0.485. The van der Waals surface area contributed by atoms with Crippen molar-refractivity contribution in [2.45, 2.75) is 26.8 Å². The summed E-state index contributed by atoms with van der Waals surface area (Å²) >= 11 is 0. The lowest BCUT2D eigenvalue weighted by molar-refractivity contribution is -0.134. The molecule has 0 fully saturated rings. The number of nitrogens with zero attached hydrogens (tertiary/aromatic N) is 1. The van der Waals surface area contributed by atoms with Crippen molar-refractivity contribution in [3.05, 3.63) is 12.3 Å². The summed E-state index contributed by atoms with van der Waals surface area (Å²) in [5.41, 5.74) is 0. The maximum atomic E-state index is 11.0. The molecule has 74 valence electrons. The highest BCUT2D eigenvalue weighted by molar-refractivity contribution is 5.83. The Labute approximate surface area is 78.2 Å². The van der Waals surface area contributed by atoms with E-state index in [1.807, 2.05) is 13.8 Å². The summed E-state index contributed by atoms with van der Waals surface area (Å²) in [5.74, 6) is -0.568. The molecule has 0 aromatic carbocycles. The average Bonchev–Trinajstić information content (AvgIpc) is 2.03. The van der Waals surface area contributed by atoms with Crippen molar-refractivity contribution in [1.82, 2.24) is 4.90 Å². The van der Waals surface area contributed by atoms with Gasteiger partial charge in [-0.25, -0.2) is 4.79 Å². The first-order valence-corrected chi connectivity index (χ1v) is 4.04. The highest BCUT2D eigenvalue weighted by Gasteiger charge is 2.08. The lowest BCUT2D eigenvalue weighted by atomic mass is 10.3. The van der Waals surface area contributed by atoms with Gasteiger partial charge in [0, 0.05) is 25.2 Å². The standard InChI is InChI=1S/C9H15NO3/c1-7(2)10(8(3)11)6-5-9(12)13-4/h5-7H,1-4H3/b6-5+. The number of carbonyl (C=O) groups is 2. The van der Waals surface area contributed by atoms with Crippen molar-refractivity contribution < 1.29 is 14.3 Å². The van der Waals surface area contributed by atoms with Crippen LogP contribution in [0.1, 0.15) is 20.8 Å². The fraction of sp³-hybridized carbons (Fsp3) is 0.556.